The molecule has 3 aromatic carbocycles. The minimum atomic E-state index is -4.22. The summed E-state index contributed by atoms with van der Waals surface area (Å²) in [6.45, 7) is 6.80. The molecule has 0 saturated heterocycles. The minimum absolute atomic E-state index is 0.00235. The number of halogens is 2. The van der Waals surface area contributed by atoms with Crippen molar-refractivity contribution in [2.24, 2.45) is 0 Å². The van der Waals surface area contributed by atoms with Crippen LogP contribution in [0.5, 0.6) is 0 Å². The van der Waals surface area contributed by atoms with E-state index in [0.29, 0.717) is 12.0 Å². The van der Waals surface area contributed by atoms with E-state index in [4.69, 9.17) is 11.6 Å². The van der Waals surface area contributed by atoms with E-state index in [1.807, 2.05) is 20.8 Å². The zero-order valence-corrected chi connectivity index (χ0v) is 24.7. The van der Waals surface area contributed by atoms with Crippen LogP contribution >= 0.6 is 11.6 Å². The number of amides is 2. The van der Waals surface area contributed by atoms with Crippen LogP contribution in [0.3, 0.4) is 0 Å². The SMILES string of the molecule is CC[C@@H](C)NC(=O)[C@@H](CC)N(Cc1ccc(F)cc1)C(=O)CN(c1ccccc1Cl)S(=O)(=O)c1ccc(C)cc1. The van der Waals surface area contributed by atoms with Crippen LogP contribution in [0.2, 0.25) is 5.02 Å². The predicted molar refractivity (Wildman–Crippen MR) is 156 cm³/mol. The molecule has 214 valence electrons. The molecule has 2 amide bonds. The van der Waals surface area contributed by atoms with Crippen molar-refractivity contribution in [2.75, 3.05) is 10.8 Å². The first kappa shape index (κ1) is 31.1. The average molecular weight is 588 g/mol. The second kappa shape index (κ2) is 13.8. The van der Waals surface area contributed by atoms with Gasteiger partial charge in [-0.25, -0.2) is 12.8 Å². The van der Waals surface area contributed by atoms with Gasteiger partial charge in [0.25, 0.3) is 10.0 Å². The lowest BCUT2D eigenvalue weighted by Crippen LogP contribution is -2.53. The molecule has 2 atom stereocenters. The minimum Gasteiger partial charge on any atom is -0.352 e. The van der Waals surface area contributed by atoms with Crippen molar-refractivity contribution in [1.82, 2.24) is 10.2 Å². The first-order valence-electron chi connectivity index (χ1n) is 13.2. The summed E-state index contributed by atoms with van der Waals surface area (Å²) in [7, 11) is -4.22. The normalized spacial score (nSPS) is 12.8. The van der Waals surface area contributed by atoms with Gasteiger partial charge in [0.15, 0.2) is 0 Å². The highest BCUT2D eigenvalue weighted by Gasteiger charge is 2.34. The van der Waals surface area contributed by atoms with Crippen LogP contribution in [0, 0.1) is 12.7 Å². The molecule has 7 nitrogen and oxygen atoms in total. The molecule has 0 aromatic heterocycles. The van der Waals surface area contributed by atoms with Crippen molar-refractivity contribution in [3.63, 3.8) is 0 Å². The summed E-state index contributed by atoms with van der Waals surface area (Å²) >= 11 is 6.43. The van der Waals surface area contributed by atoms with Crippen LogP contribution in [0.25, 0.3) is 0 Å². The van der Waals surface area contributed by atoms with E-state index in [1.54, 1.807) is 37.3 Å². The smallest absolute Gasteiger partial charge is 0.264 e. The monoisotopic (exact) mass is 587 g/mol. The number of rotatable bonds is 12. The average Bonchev–Trinajstić information content (AvgIpc) is 2.93. The lowest BCUT2D eigenvalue weighted by Gasteiger charge is -2.34. The molecule has 0 heterocycles. The zero-order valence-electron chi connectivity index (χ0n) is 23.1. The van der Waals surface area contributed by atoms with Gasteiger partial charge in [-0.15, -0.1) is 0 Å². The molecule has 40 heavy (non-hydrogen) atoms. The number of nitrogens with zero attached hydrogens (tertiary/aromatic N) is 2. The van der Waals surface area contributed by atoms with Gasteiger partial charge in [0.1, 0.15) is 18.4 Å². The molecule has 0 spiro atoms. The van der Waals surface area contributed by atoms with Gasteiger partial charge in [0, 0.05) is 12.6 Å². The van der Waals surface area contributed by atoms with Gasteiger partial charge in [-0.05, 0) is 68.7 Å². The Kier molecular flexibility index (Phi) is 10.7. The van der Waals surface area contributed by atoms with Crippen molar-refractivity contribution in [1.29, 1.82) is 0 Å². The summed E-state index contributed by atoms with van der Waals surface area (Å²) in [6, 6.07) is 17.3. The predicted octanol–water partition coefficient (Wildman–Crippen LogP) is 5.70. The fourth-order valence-corrected chi connectivity index (χ4v) is 5.87. The molecule has 0 unspecified atom stereocenters. The number of sulfonamides is 1. The third-order valence-electron chi connectivity index (χ3n) is 6.66. The number of anilines is 1. The van der Waals surface area contributed by atoms with Crippen LogP contribution < -0.4 is 9.62 Å². The number of hydrogen-bond donors (Lipinski definition) is 1. The largest absolute Gasteiger partial charge is 0.352 e. The Labute approximate surface area is 241 Å². The first-order chi connectivity index (χ1) is 19.0. The first-order valence-corrected chi connectivity index (χ1v) is 15.0. The highest BCUT2D eigenvalue weighted by molar-refractivity contribution is 7.92. The molecule has 0 aliphatic heterocycles. The maximum Gasteiger partial charge on any atom is 0.264 e. The van der Waals surface area contributed by atoms with E-state index >= 15 is 0 Å². The summed E-state index contributed by atoms with van der Waals surface area (Å²) in [6.07, 6.45) is 0.981. The topological polar surface area (TPSA) is 86.8 Å². The van der Waals surface area contributed by atoms with Crippen molar-refractivity contribution in [2.45, 2.75) is 64.1 Å². The number of benzene rings is 3. The van der Waals surface area contributed by atoms with E-state index < -0.39 is 34.3 Å². The lowest BCUT2D eigenvalue weighted by molar-refractivity contribution is -0.140. The third kappa shape index (κ3) is 7.61. The highest BCUT2D eigenvalue weighted by Crippen LogP contribution is 2.31. The van der Waals surface area contributed by atoms with Crippen LogP contribution in [0.15, 0.2) is 77.7 Å². The van der Waals surface area contributed by atoms with E-state index in [9.17, 15) is 22.4 Å². The lowest BCUT2D eigenvalue weighted by atomic mass is 10.1. The molecule has 1 N–H and O–H groups in total. The van der Waals surface area contributed by atoms with E-state index in [1.165, 1.54) is 47.4 Å². The fraction of sp³-hybridized carbons (Fsp3) is 0.333. The van der Waals surface area contributed by atoms with Gasteiger partial charge in [-0.2, -0.15) is 0 Å². The standard InChI is InChI=1S/C30H35ClFN3O4S/c1-5-22(4)33-30(37)27(6-2)34(19-23-13-15-24(32)16-14-23)29(36)20-35(28-10-8-7-9-26(28)31)40(38,39)25-17-11-21(3)12-18-25/h7-18,22,27H,5-6,19-20H2,1-4H3,(H,33,37)/t22-,27-/m1/s1. The molecule has 0 aliphatic rings. The van der Waals surface area contributed by atoms with Gasteiger partial charge < -0.3 is 10.2 Å². The Balaban J connectivity index is 2.06. The molecule has 0 saturated carbocycles. The molecule has 0 radical (unpaired) electrons. The van der Waals surface area contributed by atoms with Crippen LogP contribution in [-0.4, -0.2) is 43.8 Å². The second-order valence-electron chi connectivity index (χ2n) is 9.67. The Morgan fingerprint density at radius 2 is 1.57 bits per heavy atom. The van der Waals surface area contributed by atoms with Crippen LogP contribution in [0.1, 0.15) is 44.7 Å². The van der Waals surface area contributed by atoms with Gasteiger partial charge >= 0.3 is 0 Å². The molecule has 3 rings (SSSR count). The van der Waals surface area contributed by atoms with Gasteiger partial charge in [-0.3, -0.25) is 13.9 Å². The van der Waals surface area contributed by atoms with Crippen molar-refractivity contribution < 1.29 is 22.4 Å². The van der Waals surface area contributed by atoms with Crippen molar-refractivity contribution in [3.8, 4) is 0 Å². The molecule has 3 aromatic rings. The summed E-state index contributed by atoms with van der Waals surface area (Å²) in [5.41, 5.74) is 1.61. The molecular formula is C30H35ClFN3O4S. The Morgan fingerprint density at radius 3 is 2.15 bits per heavy atom. The quantitative estimate of drug-likeness (QED) is 0.294. The van der Waals surface area contributed by atoms with Gasteiger partial charge in [0.2, 0.25) is 11.8 Å². The molecule has 10 heteroatoms. The number of para-hydroxylation sites is 1. The maximum absolute atomic E-state index is 14.0. The summed E-state index contributed by atoms with van der Waals surface area (Å²) in [5, 5.41) is 3.07. The summed E-state index contributed by atoms with van der Waals surface area (Å²) < 4.78 is 42.3. The number of carbonyl (C=O) groups is 2. The Morgan fingerprint density at radius 1 is 0.950 bits per heavy atom. The van der Waals surface area contributed by atoms with E-state index in [-0.39, 0.29) is 40.5 Å². The number of hydrogen-bond acceptors (Lipinski definition) is 4. The van der Waals surface area contributed by atoms with Crippen LogP contribution in [0.4, 0.5) is 10.1 Å². The number of nitrogens with one attached hydrogen (secondary N) is 1. The third-order valence-corrected chi connectivity index (χ3v) is 8.76. The number of carbonyl (C=O) groups excluding carboxylic acids is 2. The number of aryl methyl sites for hydroxylation is 1. The van der Waals surface area contributed by atoms with Crippen LogP contribution in [-0.2, 0) is 26.2 Å². The van der Waals surface area contributed by atoms with E-state index in [2.05, 4.69) is 5.32 Å². The van der Waals surface area contributed by atoms with Gasteiger partial charge in [-0.1, -0.05) is 67.4 Å². The van der Waals surface area contributed by atoms with Crippen molar-refractivity contribution in [3.05, 3.63) is 94.8 Å². The molecule has 0 bridgehead atoms. The van der Waals surface area contributed by atoms with Gasteiger partial charge in [0.05, 0.1) is 15.6 Å². The van der Waals surface area contributed by atoms with Crippen molar-refractivity contribution >= 4 is 39.1 Å². The van der Waals surface area contributed by atoms with E-state index in [0.717, 1.165) is 9.87 Å². The fourth-order valence-electron chi connectivity index (χ4n) is 4.15. The second-order valence-corrected chi connectivity index (χ2v) is 11.9. The maximum atomic E-state index is 14.0. The summed E-state index contributed by atoms with van der Waals surface area (Å²) in [5.74, 6) is -1.39. The Hall–Kier alpha value is -3.43. The molecular weight excluding hydrogens is 553 g/mol. The molecule has 0 fully saturated rings. The molecule has 0 aliphatic carbocycles. The summed E-state index contributed by atoms with van der Waals surface area (Å²) in [4.78, 5) is 28.6. The Bertz CT molecular complexity index is 1420. The zero-order chi connectivity index (χ0) is 29.4. The highest BCUT2D eigenvalue weighted by atomic mass is 35.5.